The Morgan fingerprint density at radius 2 is 1.97 bits per heavy atom. The molecule has 2 heterocycles. The van der Waals surface area contributed by atoms with Crippen LogP contribution in [-0.4, -0.2) is 34.6 Å². The minimum absolute atomic E-state index is 0.171. The zero-order chi connectivity index (χ0) is 27.8. The van der Waals surface area contributed by atoms with E-state index in [9.17, 15) is 29.2 Å². The molecule has 39 heavy (non-hydrogen) atoms. The molecule has 0 radical (unpaired) electrons. The third kappa shape index (κ3) is 4.87. The Morgan fingerprint density at radius 1 is 1.18 bits per heavy atom. The number of amides is 2. The molecule has 2 fully saturated rings. The van der Waals surface area contributed by atoms with E-state index in [1.807, 2.05) is 19.9 Å². The van der Waals surface area contributed by atoms with Crippen molar-refractivity contribution in [2.24, 2.45) is 17.8 Å². The van der Waals surface area contributed by atoms with E-state index < -0.39 is 22.6 Å². The minimum Gasteiger partial charge on any atom is -0.505 e. The maximum Gasteiger partial charge on any atom is 0.271 e. The Bertz CT molecular complexity index is 1400. The normalized spacial score (nSPS) is 24.8. The second kappa shape index (κ2) is 10.7. The van der Waals surface area contributed by atoms with E-state index in [1.54, 1.807) is 12.1 Å². The highest BCUT2D eigenvalue weighted by atomic mass is 19.1. The highest BCUT2D eigenvalue weighted by molar-refractivity contribution is 6.22. The number of fused-ring (bicyclic) bond motifs is 3. The number of nitro benzene ring substituents is 1. The van der Waals surface area contributed by atoms with Crippen molar-refractivity contribution in [1.82, 2.24) is 0 Å². The van der Waals surface area contributed by atoms with E-state index in [0.717, 1.165) is 40.9 Å². The van der Waals surface area contributed by atoms with E-state index in [4.69, 9.17) is 4.74 Å². The van der Waals surface area contributed by atoms with Crippen molar-refractivity contribution in [3.05, 3.63) is 80.7 Å². The van der Waals surface area contributed by atoms with Crippen LogP contribution in [0.5, 0.6) is 5.75 Å². The van der Waals surface area contributed by atoms with Gasteiger partial charge in [-0.3, -0.25) is 19.7 Å². The summed E-state index contributed by atoms with van der Waals surface area (Å²) < 4.78 is 20.0. The van der Waals surface area contributed by atoms with Crippen LogP contribution in [0.2, 0.25) is 0 Å². The van der Waals surface area contributed by atoms with Crippen LogP contribution in [0.4, 0.5) is 15.8 Å². The van der Waals surface area contributed by atoms with Crippen LogP contribution < -0.4 is 4.90 Å². The topological polar surface area (TPSA) is 110 Å². The third-order valence-corrected chi connectivity index (χ3v) is 8.26. The molecule has 2 amide bonds. The van der Waals surface area contributed by atoms with Gasteiger partial charge in [0.2, 0.25) is 11.8 Å². The second-order valence-corrected chi connectivity index (χ2v) is 10.4. The zero-order valence-corrected chi connectivity index (χ0v) is 21.9. The number of non-ortho nitro benzene ring substituents is 1. The van der Waals surface area contributed by atoms with Crippen molar-refractivity contribution in [3.63, 3.8) is 0 Å². The van der Waals surface area contributed by atoms with Crippen molar-refractivity contribution < 1.29 is 28.7 Å². The first kappa shape index (κ1) is 26.7. The molecule has 1 N–H and O–H groups in total. The molecule has 2 aromatic carbocycles. The van der Waals surface area contributed by atoms with Gasteiger partial charge < -0.3 is 9.84 Å². The number of hydrogen-bond donors (Lipinski definition) is 1. The van der Waals surface area contributed by atoms with Gasteiger partial charge in [-0.25, -0.2) is 9.29 Å². The molecule has 0 spiro atoms. The Kier molecular flexibility index (Phi) is 7.36. The predicted molar refractivity (Wildman–Crippen MR) is 143 cm³/mol. The van der Waals surface area contributed by atoms with Crippen molar-refractivity contribution in [2.75, 3.05) is 11.5 Å². The molecule has 5 rings (SSSR count). The quantitative estimate of drug-likeness (QED) is 0.194. The number of phenols is 1. The Labute approximate surface area is 225 Å². The third-order valence-electron chi connectivity index (χ3n) is 8.26. The predicted octanol–water partition coefficient (Wildman–Crippen LogP) is 5.94. The number of phenolic OH excluding ortho intramolecular Hbond substituents is 1. The molecular formula is C30H31FN2O6. The maximum atomic E-state index is 13.8. The second-order valence-electron chi connectivity index (χ2n) is 10.4. The Balaban J connectivity index is 1.37. The molecule has 2 saturated heterocycles. The standard InChI is InChI=1S/C30H31FN2O6/c1-3-17(12-18-8-10-25(34)24(31)13-18)9-11-26-27-19(4-2)14-22-28(23(27)16-39-26)30(36)32(29(22)35)20-6-5-7-21(15-20)33(37)38/h5-8,10,12-13,15,22-23,26,28,34H,3-4,9,11,14,16H2,1-2H3/b17-12+/t22-,23+,26-,28-/m1/s1. The summed E-state index contributed by atoms with van der Waals surface area (Å²) in [5.41, 5.74) is 4.11. The van der Waals surface area contributed by atoms with Gasteiger partial charge in [0.1, 0.15) is 0 Å². The van der Waals surface area contributed by atoms with E-state index in [1.165, 1.54) is 30.3 Å². The lowest BCUT2D eigenvalue weighted by Gasteiger charge is -2.31. The molecule has 0 unspecified atom stereocenters. The molecule has 2 aromatic rings. The van der Waals surface area contributed by atoms with Gasteiger partial charge in [-0.2, -0.15) is 0 Å². The number of ether oxygens (including phenoxy) is 1. The van der Waals surface area contributed by atoms with Crippen LogP contribution in [0.3, 0.4) is 0 Å². The van der Waals surface area contributed by atoms with Gasteiger partial charge in [0, 0.05) is 18.1 Å². The van der Waals surface area contributed by atoms with Crippen LogP contribution in [0, 0.1) is 33.7 Å². The number of rotatable bonds is 8. The van der Waals surface area contributed by atoms with Crippen LogP contribution in [0.25, 0.3) is 6.08 Å². The molecule has 1 aliphatic carbocycles. The lowest BCUT2D eigenvalue weighted by Crippen LogP contribution is -2.34. The number of nitrogens with zero attached hydrogens (tertiary/aromatic N) is 2. The number of aromatic hydroxyl groups is 1. The Hall–Kier alpha value is -3.85. The van der Waals surface area contributed by atoms with Gasteiger partial charge in [0.25, 0.3) is 5.69 Å². The van der Waals surface area contributed by atoms with Crippen LogP contribution >= 0.6 is 0 Å². The highest BCUT2D eigenvalue weighted by Gasteiger charge is 2.57. The fraction of sp³-hybridized carbons (Fsp3) is 0.400. The number of hydrogen-bond acceptors (Lipinski definition) is 6. The average molecular weight is 535 g/mol. The number of nitro groups is 1. The van der Waals surface area contributed by atoms with Crippen molar-refractivity contribution in [1.29, 1.82) is 0 Å². The summed E-state index contributed by atoms with van der Waals surface area (Å²) in [6, 6.07) is 9.97. The van der Waals surface area contributed by atoms with Gasteiger partial charge in [-0.05, 0) is 61.4 Å². The fourth-order valence-electron chi connectivity index (χ4n) is 6.33. The number of benzene rings is 2. The zero-order valence-electron chi connectivity index (χ0n) is 21.9. The molecule has 4 atom stereocenters. The number of allylic oxidation sites excluding steroid dienone is 2. The lowest BCUT2D eigenvalue weighted by molar-refractivity contribution is -0.384. The van der Waals surface area contributed by atoms with Crippen molar-refractivity contribution in [2.45, 2.75) is 52.1 Å². The number of halogens is 1. The molecular weight excluding hydrogens is 503 g/mol. The van der Waals surface area contributed by atoms with Gasteiger partial charge >= 0.3 is 0 Å². The first-order valence-corrected chi connectivity index (χ1v) is 13.4. The molecule has 0 aromatic heterocycles. The van der Waals surface area contributed by atoms with Gasteiger partial charge in [-0.1, -0.05) is 43.2 Å². The largest absolute Gasteiger partial charge is 0.505 e. The Morgan fingerprint density at radius 3 is 2.67 bits per heavy atom. The first-order valence-electron chi connectivity index (χ1n) is 13.4. The van der Waals surface area contributed by atoms with E-state index >= 15 is 0 Å². The smallest absolute Gasteiger partial charge is 0.271 e. The van der Waals surface area contributed by atoms with Crippen molar-refractivity contribution >= 4 is 29.3 Å². The molecule has 204 valence electrons. The van der Waals surface area contributed by atoms with Gasteiger partial charge in [-0.15, -0.1) is 0 Å². The van der Waals surface area contributed by atoms with E-state index in [2.05, 4.69) is 0 Å². The van der Waals surface area contributed by atoms with Crippen LogP contribution in [0.1, 0.15) is 51.5 Å². The first-order chi connectivity index (χ1) is 18.7. The highest BCUT2D eigenvalue weighted by Crippen LogP contribution is 2.51. The number of anilines is 1. The van der Waals surface area contributed by atoms with Crippen molar-refractivity contribution in [3.8, 4) is 5.75 Å². The molecule has 3 aliphatic rings. The summed E-state index contributed by atoms with van der Waals surface area (Å²) in [4.78, 5) is 39.0. The maximum absolute atomic E-state index is 13.8. The van der Waals surface area contributed by atoms with Crippen LogP contribution in [-0.2, 0) is 14.3 Å². The molecule has 8 nitrogen and oxygen atoms in total. The summed E-state index contributed by atoms with van der Waals surface area (Å²) in [6.45, 7) is 4.43. The minimum atomic E-state index is -0.661. The number of carbonyl (C=O) groups is 2. The summed E-state index contributed by atoms with van der Waals surface area (Å²) >= 11 is 0. The number of carbonyl (C=O) groups excluding carboxylic acids is 2. The van der Waals surface area contributed by atoms with E-state index in [-0.39, 0.29) is 41.0 Å². The number of imide groups is 1. The van der Waals surface area contributed by atoms with Gasteiger partial charge in [0.15, 0.2) is 11.6 Å². The lowest BCUT2D eigenvalue weighted by atomic mass is 9.69. The summed E-state index contributed by atoms with van der Waals surface area (Å²) in [7, 11) is 0. The monoisotopic (exact) mass is 534 g/mol. The molecule has 2 aliphatic heterocycles. The SMILES string of the molecule is CCC1=C2[C@@H](CC/C(=C/c3ccc(O)c(F)c3)CC)OC[C@@H]2[C@@H]2C(=O)N(c3cccc([N+](=O)[O-])c3)C(=O)[C@@H]2C1. The summed E-state index contributed by atoms with van der Waals surface area (Å²) in [5.74, 6) is -2.93. The average Bonchev–Trinajstić information content (AvgIpc) is 3.46. The van der Waals surface area contributed by atoms with E-state index in [0.29, 0.717) is 25.0 Å². The summed E-state index contributed by atoms with van der Waals surface area (Å²) in [5, 5.41) is 20.7. The summed E-state index contributed by atoms with van der Waals surface area (Å²) in [6.07, 6.45) is 5.17. The fourth-order valence-corrected chi connectivity index (χ4v) is 6.33. The molecule has 0 saturated carbocycles. The van der Waals surface area contributed by atoms with Gasteiger partial charge in [0.05, 0.1) is 35.2 Å². The van der Waals surface area contributed by atoms with Crippen LogP contribution in [0.15, 0.2) is 59.2 Å². The molecule has 9 heteroatoms. The molecule has 0 bridgehead atoms.